The van der Waals surface area contributed by atoms with Gasteiger partial charge in [-0.25, -0.2) is 9.59 Å². The minimum atomic E-state index is -1.29. The molecule has 2 fully saturated rings. The fourth-order valence-electron chi connectivity index (χ4n) is 2.57. The molecule has 0 saturated heterocycles. The summed E-state index contributed by atoms with van der Waals surface area (Å²) in [6, 6.07) is -0.771. The van der Waals surface area contributed by atoms with Crippen LogP contribution in [0.3, 0.4) is 0 Å². The summed E-state index contributed by atoms with van der Waals surface area (Å²) in [5.74, 6) is -1.83. The van der Waals surface area contributed by atoms with E-state index in [9.17, 15) is 19.5 Å². The number of rotatable bonds is 6. The molecule has 0 aromatic heterocycles. The van der Waals surface area contributed by atoms with Crippen molar-refractivity contribution in [3.8, 4) is 0 Å². The molecule has 2 saturated carbocycles. The predicted molar refractivity (Wildman–Crippen MR) is 82.7 cm³/mol. The molecule has 0 radical (unpaired) electrons. The van der Waals surface area contributed by atoms with Crippen molar-refractivity contribution >= 4 is 18.0 Å². The molecule has 0 aromatic rings. The van der Waals surface area contributed by atoms with E-state index in [2.05, 4.69) is 17.2 Å². The smallest absolute Gasteiger partial charge is 0.408 e. The number of carboxylic acid groups (broad SMARTS) is 1. The van der Waals surface area contributed by atoms with Crippen LogP contribution < -0.4 is 10.6 Å². The van der Waals surface area contributed by atoms with E-state index in [1.54, 1.807) is 20.8 Å². The summed E-state index contributed by atoms with van der Waals surface area (Å²) >= 11 is 0. The van der Waals surface area contributed by atoms with Gasteiger partial charge in [0, 0.05) is 5.92 Å². The summed E-state index contributed by atoms with van der Waals surface area (Å²) in [6.07, 6.45) is 2.81. The Morgan fingerprint density at radius 3 is 2.35 bits per heavy atom. The van der Waals surface area contributed by atoms with E-state index in [1.807, 2.05) is 0 Å². The van der Waals surface area contributed by atoms with Crippen molar-refractivity contribution in [2.45, 2.75) is 57.2 Å². The molecule has 0 heterocycles. The number of alkyl carbamates (subject to hydrolysis) is 1. The quantitative estimate of drug-likeness (QED) is 0.641. The monoisotopic (exact) mass is 324 g/mol. The first-order valence-corrected chi connectivity index (χ1v) is 7.76. The van der Waals surface area contributed by atoms with Crippen molar-refractivity contribution in [2.24, 2.45) is 11.8 Å². The first kappa shape index (κ1) is 17.3. The van der Waals surface area contributed by atoms with Crippen LogP contribution in [0.15, 0.2) is 12.7 Å². The van der Waals surface area contributed by atoms with Gasteiger partial charge in [0.25, 0.3) is 0 Å². The Morgan fingerprint density at radius 1 is 1.35 bits per heavy atom. The van der Waals surface area contributed by atoms with Crippen molar-refractivity contribution in [3.63, 3.8) is 0 Å². The van der Waals surface area contributed by atoms with Gasteiger partial charge in [-0.1, -0.05) is 6.08 Å². The molecule has 0 aromatic carbocycles. The van der Waals surface area contributed by atoms with Crippen LogP contribution in [-0.4, -0.2) is 40.3 Å². The maximum absolute atomic E-state index is 12.5. The number of aliphatic carboxylic acids is 1. The Morgan fingerprint density at radius 2 is 1.96 bits per heavy atom. The molecule has 7 nitrogen and oxygen atoms in total. The third-order valence-corrected chi connectivity index (χ3v) is 4.08. The largest absolute Gasteiger partial charge is 0.479 e. The first-order chi connectivity index (χ1) is 10.6. The molecule has 23 heavy (non-hydrogen) atoms. The molecular weight excluding hydrogens is 300 g/mol. The summed E-state index contributed by atoms with van der Waals surface area (Å²) in [6.45, 7) is 8.78. The van der Waals surface area contributed by atoms with Crippen molar-refractivity contribution < 1.29 is 24.2 Å². The molecule has 128 valence electrons. The second kappa shape index (κ2) is 5.86. The lowest BCUT2D eigenvalue weighted by Crippen LogP contribution is -2.55. The Kier molecular flexibility index (Phi) is 4.41. The highest BCUT2D eigenvalue weighted by Gasteiger charge is 2.61. The number of ether oxygens (including phenoxy) is 1. The molecule has 0 spiro atoms. The van der Waals surface area contributed by atoms with Gasteiger partial charge in [0.05, 0.1) is 0 Å². The van der Waals surface area contributed by atoms with Crippen LogP contribution in [0.5, 0.6) is 0 Å². The molecule has 2 aliphatic rings. The molecule has 3 N–H and O–H groups in total. The average Bonchev–Trinajstić information content (AvgIpc) is 3.28. The zero-order valence-electron chi connectivity index (χ0n) is 13.7. The number of carbonyl (C=O) groups is 3. The van der Waals surface area contributed by atoms with Crippen molar-refractivity contribution in [2.75, 3.05) is 0 Å². The maximum atomic E-state index is 12.5. The van der Waals surface area contributed by atoms with Gasteiger partial charge in [-0.15, -0.1) is 6.58 Å². The lowest BCUT2D eigenvalue weighted by atomic mass is 10.1. The molecule has 2 aliphatic carbocycles. The second-order valence-electron chi connectivity index (χ2n) is 7.27. The van der Waals surface area contributed by atoms with Gasteiger partial charge < -0.3 is 20.5 Å². The third kappa shape index (κ3) is 4.03. The lowest BCUT2D eigenvalue weighted by Gasteiger charge is -2.24. The fraction of sp³-hybridized carbons (Fsp3) is 0.688. The van der Waals surface area contributed by atoms with E-state index in [-0.39, 0.29) is 11.8 Å². The molecule has 0 unspecified atom stereocenters. The number of hydrogen-bond acceptors (Lipinski definition) is 4. The molecule has 2 rings (SSSR count). The van der Waals surface area contributed by atoms with E-state index in [0.29, 0.717) is 6.42 Å². The van der Waals surface area contributed by atoms with Gasteiger partial charge >= 0.3 is 12.1 Å². The van der Waals surface area contributed by atoms with Crippen molar-refractivity contribution in [1.29, 1.82) is 0 Å². The van der Waals surface area contributed by atoms with Crippen molar-refractivity contribution in [1.82, 2.24) is 10.6 Å². The van der Waals surface area contributed by atoms with Gasteiger partial charge in [-0.05, 0) is 46.0 Å². The minimum Gasteiger partial charge on any atom is -0.479 e. The summed E-state index contributed by atoms with van der Waals surface area (Å²) in [4.78, 5) is 35.8. The van der Waals surface area contributed by atoms with Gasteiger partial charge in [0.15, 0.2) is 0 Å². The zero-order chi connectivity index (χ0) is 17.4. The first-order valence-electron chi connectivity index (χ1n) is 7.76. The van der Waals surface area contributed by atoms with Crippen LogP contribution in [-0.2, 0) is 14.3 Å². The number of nitrogens with one attached hydrogen (secondary N) is 2. The summed E-state index contributed by atoms with van der Waals surface area (Å²) < 4.78 is 5.17. The molecular formula is C16H24N2O5. The number of carbonyl (C=O) groups excluding carboxylic acids is 2. The van der Waals surface area contributed by atoms with Crippen LogP contribution in [0.25, 0.3) is 0 Å². The number of carboxylic acids is 1. The molecule has 2 amide bonds. The van der Waals surface area contributed by atoms with Crippen LogP contribution in [0.4, 0.5) is 4.79 Å². The highest BCUT2D eigenvalue weighted by atomic mass is 16.6. The van der Waals surface area contributed by atoms with Crippen LogP contribution in [0, 0.1) is 11.8 Å². The van der Waals surface area contributed by atoms with Crippen LogP contribution in [0.2, 0.25) is 0 Å². The van der Waals surface area contributed by atoms with Gasteiger partial charge in [0.1, 0.15) is 17.2 Å². The molecule has 0 bridgehead atoms. The third-order valence-electron chi connectivity index (χ3n) is 4.08. The lowest BCUT2D eigenvalue weighted by molar-refractivity contribution is -0.143. The van der Waals surface area contributed by atoms with E-state index < -0.39 is 35.2 Å². The zero-order valence-corrected chi connectivity index (χ0v) is 13.7. The van der Waals surface area contributed by atoms with Gasteiger partial charge in [-0.3, -0.25) is 4.79 Å². The van der Waals surface area contributed by atoms with E-state index in [0.717, 1.165) is 12.8 Å². The number of amides is 2. The Bertz CT molecular complexity index is 535. The van der Waals surface area contributed by atoms with Crippen LogP contribution in [0.1, 0.15) is 40.0 Å². The molecule has 7 heteroatoms. The Balaban J connectivity index is 2.01. The summed E-state index contributed by atoms with van der Waals surface area (Å²) in [7, 11) is 0. The van der Waals surface area contributed by atoms with Gasteiger partial charge in [0.2, 0.25) is 5.91 Å². The summed E-state index contributed by atoms with van der Waals surface area (Å²) in [5, 5.41) is 14.5. The van der Waals surface area contributed by atoms with E-state index >= 15 is 0 Å². The SMILES string of the molecule is C=C[C@H]1C[C@@]1(NC(=O)[C@@H](NC(=O)OC(C)(C)C)C1CC1)C(=O)O. The van der Waals surface area contributed by atoms with Crippen LogP contribution >= 0.6 is 0 Å². The topological polar surface area (TPSA) is 105 Å². The Hall–Kier alpha value is -2.05. The van der Waals surface area contributed by atoms with Gasteiger partial charge in [-0.2, -0.15) is 0 Å². The highest BCUT2D eigenvalue weighted by Crippen LogP contribution is 2.45. The second-order valence-corrected chi connectivity index (χ2v) is 7.27. The molecule has 3 atom stereocenters. The highest BCUT2D eigenvalue weighted by molar-refractivity contribution is 5.94. The normalized spacial score (nSPS) is 27.5. The molecule has 0 aliphatic heterocycles. The maximum Gasteiger partial charge on any atom is 0.408 e. The number of hydrogen-bond donors (Lipinski definition) is 3. The van der Waals surface area contributed by atoms with E-state index in [1.165, 1.54) is 6.08 Å². The predicted octanol–water partition coefficient (Wildman–Crippen LogP) is 1.44. The fourth-order valence-corrected chi connectivity index (χ4v) is 2.57. The van der Waals surface area contributed by atoms with Crippen molar-refractivity contribution in [3.05, 3.63) is 12.7 Å². The Labute approximate surface area is 135 Å². The summed E-state index contributed by atoms with van der Waals surface area (Å²) in [5.41, 5.74) is -1.96. The average molecular weight is 324 g/mol. The minimum absolute atomic E-state index is 0.0225. The standard InChI is InChI=1S/C16H24N2O5/c1-5-10-8-16(10,13(20)21)18-12(19)11(9-6-7-9)17-14(22)23-15(2,3)4/h5,9-11H,1,6-8H2,2-4H3,(H,17,22)(H,18,19)(H,20,21)/t10-,11-,16-/m0/s1. The van der Waals surface area contributed by atoms with E-state index in [4.69, 9.17) is 4.74 Å².